The van der Waals surface area contributed by atoms with Crippen LogP contribution >= 0.6 is 0 Å². The molecule has 1 aromatic carbocycles. The average molecular weight is 527 g/mol. The molecule has 3 heterocycles. The van der Waals surface area contributed by atoms with Crippen molar-refractivity contribution in [3.8, 4) is 5.75 Å². The zero-order valence-corrected chi connectivity index (χ0v) is 22.5. The van der Waals surface area contributed by atoms with Crippen LogP contribution in [0.25, 0.3) is 0 Å². The van der Waals surface area contributed by atoms with E-state index in [0.29, 0.717) is 26.1 Å². The summed E-state index contributed by atoms with van der Waals surface area (Å²) in [6, 6.07) is 7.45. The molecular weight excluding hydrogens is 488 g/mol. The zero-order valence-electron chi connectivity index (χ0n) is 22.5. The van der Waals surface area contributed by atoms with E-state index >= 15 is 0 Å². The van der Waals surface area contributed by atoms with Crippen molar-refractivity contribution in [2.45, 2.75) is 45.3 Å². The lowest BCUT2D eigenvalue weighted by Gasteiger charge is -2.43. The lowest BCUT2D eigenvalue weighted by Crippen LogP contribution is -2.64. The van der Waals surface area contributed by atoms with E-state index in [1.54, 1.807) is 23.5 Å². The molecule has 0 saturated carbocycles. The Bertz CT molecular complexity index is 1130. The Balaban J connectivity index is 1.42. The summed E-state index contributed by atoms with van der Waals surface area (Å²) in [6.07, 6.45) is 2.95. The molecule has 3 amide bonds. The zero-order chi connectivity index (χ0) is 27.1. The Morgan fingerprint density at radius 1 is 1.13 bits per heavy atom. The summed E-state index contributed by atoms with van der Waals surface area (Å²) in [4.78, 5) is 48.2. The number of fused-ring (bicyclic) bond motifs is 1. The molecule has 11 heteroatoms. The monoisotopic (exact) mass is 526 g/mol. The highest BCUT2D eigenvalue weighted by molar-refractivity contribution is 6.07. The van der Waals surface area contributed by atoms with Crippen LogP contribution in [0.4, 0.5) is 0 Å². The van der Waals surface area contributed by atoms with Gasteiger partial charge in [-0.2, -0.15) is 0 Å². The summed E-state index contributed by atoms with van der Waals surface area (Å²) in [6.45, 7) is 9.27. The number of benzene rings is 1. The van der Waals surface area contributed by atoms with Crippen LogP contribution in [0.2, 0.25) is 0 Å². The predicted octanol–water partition coefficient (Wildman–Crippen LogP) is 1.28. The number of nitrogens with one attached hydrogen (secondary N) is 2. The van der Waals surface area contributed by atoms with Gasteiger partial charge in [0.15, 0.2) is 5.69 Å². The number of rotatable bonds is 11. The molecule has 0 radical (unpaired) electrons. The molecule has 0 unspecified atom stereocenters. The molecule has 38 heavy (non-hydrogen) atoms. The number of hydrogen-bond donors (Lipinski definition) is 2. The summed E-state index contributed by atoms with van der Waals surface area (Å²) in [5, 5.41) is 5.88. The summed E-state index contributed by atoms with van der Waals surface area (Å²) in [7, 11) is 1.60. The number of morpholine rings is 1. The van der Waals surface area contributed by atoms with Crippen LogP contribution < -0.4 is 15.4 Å². The van der Waals surface area contributed by atoms with Gasteiger partial charge in [-0.3, -0.25) is 19.3 Å². The first-order valence-electron chi connectivity index (χ1n) is 13.2. The van der Waals surface area contributed by atoms with Crippen molar-refractivity contribution in [2.75, 3.05) is 53.0 Å². The van der Waals surface area contributed by atoms with Gasteiger partial charge in [0.05, 0.1) is 33.2 Å². The second-order valence-corrected chi connectivity index (χ2v) is 9.89. The molecule has 2 N–H and O–H groups in total. The number of nitrogens with zero attached hydrogens (tertiary/aromatic N) is 4. The molecular formula is C27H38N6O5. The number of imidazole rings is 1. The van der Waals surface area contributed by atoms with Crippen molar-refractivity contribution in [1.29, 1.82) is 0 Å². The Morgan fingerprint density at radius 3 is 2.55 bits per heavy atom. The minimum Gasteiger partial charge on any atom is -0.497 e. The fraction of sp³-hybridized carbons (Fsp3) is 0.556. The van der Waals surface area contributed by atoms with Gasteiger partial charge in [-0.25, -0.2) is 4.98 Å². The quantitative estimate of drug-likeness (QED) is 0.424. The Labute approximate surface area is 223 Å². The molecule has 2 aliphatic heterocycles. The van der Waals surface area contributed by atoms with E-state index in [0.717, 1.165) is 50.6 Å². The molecule has 0 aliphatic carbocycles. The topological polar surface area (TPSA) is 118 Å². The molecule has 4 rings (SSSR count). The third kappa shape index (κ3) is 5.99. The molecule has 11 nitrogen and oxygen atoms in total. The van der Waals surface area contributed by atoms with Gasteiger partial charge in [-0.15, -0.1) is 0 Å². The Morgan fingerprint density at radius 2 is 1.87 bits per heavy atom. The maximum atomic E-state index is 13.7. The van der Waals surface area contributed by atoms with E-state index in [-0.39, 0.29) is 35.7 Å². The third-order valence-electron chi connectivity index (χ3n) is 7.16. The van der Waals surface area contributed by atoms with Gasteiger partial charge in [-0.05, 0) is 44.0 Å². The summed E-state index contributed by atoms with van der Waals surface area (Å²) in [5.41, 5.74) is 0.120. The van der Waals surface area contributed by atoms with Gasteiger partial charge in [0.1, 0.15) is 17.0 Å². The molecule has 0 spiro atoms. The fourth-order valence-corrected chi connectivity index (χ4v) is 4.96. The molecule has 1 atom stereocenters. The number of carbonyl (C=O) groups excluding carboxylic acids is 3. The third-order valence-corrected chi connectivity index (χ3v) is 7.16. The van der Waals surface area contributed by atoms with Crippen molar-refractivity contribution in [2.24, 2.45) is 0 Å². The van der Waals surface area contributed by atoms with E-state index in [1.807, 2.05) is 31.2 Å². The largest absolute Gasteiger partial charge is 0.497 e. The second-order valence-electron chi connectivity index (χ2n) is 9.89. The van der Waals surface area contributed by atoms with Crippen LogP contribution in [0, 0.1) is 0 Å². The van der Waals surface area contributed by atoms with Crippen molar-refractivity contribution < 1.29 is 23.9 Å². The normalized spacial score (nSPS) is 19.7. The van der Waals surface area contributed by atoms with Crippen LogP contribution in [0.5, 0.6) is 5.75 Å². The average Bonchev–Trinajstić information content (AvgIpc) is 3.36. The van der Waals surface area contributed by atoms with E-state index < -0.39 is 5.54 Å². The number of hydrogen-bond acceptors (Lipinski definition) is 7. The van der Waals surface area contributed by atoms with Crippen molar-refractivity contribution in [3.05, 3.63) is 47.5 Å². The molecule has 2 aromatic rings. The highest BCUT2D eigenvalue weighted by Gasteiger charge is 2.48. The fourth-order valence-electron chi connectivity index (χ4n) is 4.96. The number of aromatic nitrogens is 2. The van der Waals surface area contributed by atoms with E-state index in [9.17, 15) is 14.4 Å². The smallest absolute Gasteiger partial charge is 0.273 e. The van der Waals surface area contributed by atoms with Crippen molar-refractivity contribution in [1.82, 2.24) is 30.0 Å². The summed E-state index contributed by atoms with van der Waals surface area (Å²) in [5.74, 6) is -0.263. The lowest BCUT2D eigenvalue weighted by molar-refractivity contribution is -0.133. The summed E-state index contributed by atoms with van der Waals surface area (Å²) >= 11 is 0. The Kier molecular flexibility index (Phi) is 9.01. The van der Waals surface area contributed by atoms with Crippen LogP contribution in [0.1, 0.15) is 53.2 Å². The maximum Gasteiger partial charge on any atom is 0.273 e. The number of carbonyl (C=O) groups is 3. The van der Waals surface area contributed by atoms with E-state index in [1.165, 1.54) is 6.33 Å². The van der Waals surface area contributed by atoms with Gasteiger partial charge < -0.3 is 29.6 Å². The van der Waals surface area contributed by atoms with Crippen LogP contribution in [-0.4, -0.2) is 95.7 Å². The molecule has 2 aliphatic rings. The Hall–Kier alpha value is -3.44. The van der Waals surface area contributed by atoms with Crippen molar-refractivity contribution in [3.63, 3.8) is 0 Å². The number of amides is 3. The van der Waals surface area contributed by atoms with Crippen LogP contribution in [0.15, 0.2) is 30.6 Å². The number of methoxy groups -OCH3 is 1. The standard InChI is InChI=1S/C27H38N6O5/c1-4-11-33-25(35)23-22(24(34)28-10-5-12-31-13-15-38-16-14-31)30-19-32(23)18-27(33,2)26(36)29-17-20-6-8-21(37-3)9-7-20/h6-9,19H,4-5,10-18H2,1-3H3,(H,28,34)(H,29,36)/t27-/m0/s1. The molecule has 1 saturated heterocycles. The predicted molar refractivity (Wildman–Crippen MR) is 141 cm³/mol. The first-order chi connectivity index (χ1) is 18.4. The summed E-state index contributed by atoms with van der Waals surface area (Å²) < 4.78 is 12.2. The van der Waals surface area contributed by atoms with Gasteiger partial charge in [0.25, 0.3) is 11.8 Å². The maximum absolute atomic E-state index is 13.7. The highest BCUT2D eigenvalue weighted by atomic mass is 16.5. The minimum atomic E-state index is -1.13. The van der Waals surface area contributed by atoms with E-state index in [4.69, 9.17) is 9.47 Å². The minimum absolute atomic E-state index is 0.100. The first kappa shape index (κ1) is 27.6. The van der Waals surface area contributed by atoms with Crippen LogP contribution in [-0.2, 0) is 22.6 Å². The van der Waals surface area contributed by atoms with Crippen molar-refractivity contribution >= 4 is 17.7 Å². The molecule has 206 valence electrons. The van der Waals surface area contributed by atoms with Crippen LogP contribution in [0.3, 0.4) is 0 Å². The highest BCUT2D eigenvalue weighted by Crippen LogP contribution is 2.29. The lowest BCUT2D eigenvalue weighted by atomic mass is 9.94. The van der Waals surface area contributed by atoms with Gasteiger partial charge >= 0.3 is 0 Å². The van der Waals surface area contributed by atoms with Gasteiger partial charge in [0, 0.05) is 32.7 Å². The SMILES string of the molecule is CCCN1C(=O)c2c(C(=O)NCCCN3CCOCC3)ncn2C[C@@]1(C)C(=O)NCc1ccc(OC)cc1. The molecule has 1 aromatic heterocycles. The first-order valence-corrected chi connectivity index (χ1v) is 13.2. The van der Waals surface area contributed by atoms with Gasteiger partial charge in [-0.1, -0.05) is 19.1 Å². The van der Waals surface area contributed by atoms with E-state index in [2.05, 4.69) is 20.5 Å². The molecule has 0 bridgehead atoms. The molecule has 1 fully saturated rings. The number of ether oxygens (including phenoxy) is 2. The van der Waals surface area contributed by atoms with Gasteiger partial charge in [0.2, 0.25) is 5.91 Å². The second kappa shape index (κ2) is 12.4.